The van der Waals surface area contributed by atoms with Gasteiger partial charge in [-0.2, -0.15) is 0 Å². The van der Waals surface area contributed by atoms with Gasteiger partial charge in [0.05, 0.1) is 15.6 Å². The average molecular weight is 435 g/mol. The molecule has 0 aliphatic carbocycles. The van der Waals surface area contributed by atoms with Crippen LogP contribution in [0.15, 0.2) is 83.8 Å². The molecule has 0 saturated carbocycles. The first-order valence-electron chi connectivity index (χ1n) is 8.25. The third-order valence-electron chi connectivity index (χ3n) is 3.87. The third-order valence-corrected chi connectivity index (χ3v) is 6.21. The van der Waals surface area contributed by atoms with Crippen molar-refractivity contribution >= 4 is 50.5 Å². The van der Waals surface area contributed by atoms with Crippen molar-refractivity contribution in [3.63, 3.8) is 0 Å². The van der Waals surface area contributed by atoms with Crippen LogP contribution in [0.1, 0.15) is 0 Å². The Morgan fingerprint density at radius 1 is 0.857 bits per heavy atom. The largest absolute Gasteiger partial charge is 0.325 e. The molecule has 3 aromatic carbocycles. The summed E-state index contributed by atoms with van der Waals surface area (Å²) < 4.78 is 27.4. The highest BCUT2D eigenvalue weighted by molar-refractivity contribution is 7.92. The van der Waals surface area contributed by atoms with Gasteiger partial charge in [0.1, 0.15) is 6.54 Å². The van der Waals surface area contributed by atoms with Gasteiger partial charge in [-0.15, -0.1) is 0 Å². The number of para-hydroxylation sites is 1. The molecule has 0 radical (unpaired) electrons. The maximum absolute atomic E-state index is 13.2. The van der Waals surface area contributed by atoms with Crippen molar-refractivity contribution in [2.24, 2.45) is 0 Å². The number of amides is 1. The van der Waals surface area contributed by atoms with Gasteiger partial charge in [-0.05, 0) is 48.5 Å². The molecular weight excluding hydrogens is 419 g/mol. The minimum Gasteiger partial charge on any atom is -0.325 e. The molecule has 144 valence electrons. The molecule has 3 aromatic rings. The summed E-state index contributed by atoms with van der Waals surface area (Å²) in [6.45, 7) is -0.441. The van der Waals surface area contributed by atoms with Crippen LogP contribution < -0.4 is 9.62 Å². The summed E-state index contributed by atoms with van der Waals surface area (Å²) in [5.41, 5.74) is 0.727. The van der Waals surface area contributed by atoms with Crippen molar-refractivity contribution in [1.29, 1.82) is 0 Å². The Balaban J connectivity index is 1.94. The van der Waals surface area contributed by atoms with Crippen molar-refractivity contribution in [2.45, 2.75) is 4.90 Å². The lowest BCUT2D eigenvalue weighted by Gasteiger charge is -2.25. The monoisotopic (exact) mass is 434 g/mol. The summed E-state index contributed by atoms with van der Waals surface area (Å²) >= 11 is 12.1. The van der Waals surface area contributed by atoms with Crippen molar-refractivity contribution < 1.29 is 13.2 Å². The highest BCUT2D eigenvalue weighted by Crippen LogP contribution is 2.30. The topological polar surface area (TPSA) is 66.5 Å². The number of benzene rings is 3. The number of carbonyl (C=O) groups is 1. The number of rotatable bonds is 6. The van der Waals surface area contributed by atoms with E-state index in [1.165, 1.54) is 12.1 Å². The zero-order valence-electron chi connectivity index (χ0n) is 14.5. The first kappa shape index (κ1) is 20.2. The number of anilines is 2. The number of hydrogen-bond donors (Lipinski definition) is 1. The molecule has 5 nitrogen and oxygen atoms in total. The summed E-state index contributed by atoms with van der Waals surface area (Å²) in [5.74, 6) is -0.512. The second-order valence-electron chi connectivity index (χ2n) is 5.83. The van der Waals surface area contributed by atoms with Gasteiger partial charge in [-0.1, -0.05) is 53.5 Å². The number of nitrogens with zero attached hydrogens (tertiary/aromatic N) is 1. The highest BCUT2D eigenvalue weighted by Gasteiger charge is 2.28. The van der Waals surface area contributed by atoms with E-state index in [1.807, 2.05) is 0 Å². The Labute approximate surface area is 173 Å². The molecule has 0 atom stereocenters. The van der Waals surface area contributed by atoms with Gasteiger partial charge in [-0.3, -0.25) is 9.10 Å². The molecule has 28 heavy (non-hydrogen) atoms. The minimum atomic E-state index is -4.00. The average Bonchev–Trinajstić information content (AvgIpc) is 2.69. The van der Waals surface area contributed by atoms with Gasteiger partial charge < -0.3 is 5.32 Å². The van der Waals surface area contributed by atoms with Crippen LogP contribution in [0.5, 0.6) is 0 Å². The van der Waals surface area contributed by atoms with Crippen LogP contribution in [0.4, 0.5) is 11.4 Å². The lowest BCUT2D eigenvalue weighted by molar-refractivity contribution is -0.114. The second-order valence-corrected chi connectivity index (χ2v) is 8.54. The van der Waals surface area contributed by atoms with Crippen LogP contribution in [0.3, 0.4) is 0 Å². The van der Waals surface area contributed by atoms with E-state index < -0.39 is 22.5 Å². The molecule has 1 N–H and O–H groups in total. The van der Waals surface area contributed by atoms with Crippen molar-refractivity contribution in [3.05, 3.63) is 88.9 Å². The molecule has 0 aliphatic rings. The van der Waals surface area contributed by atoms with Crippen LogP contribution in [-0.4, -0.2) is 20.9 Å². The minimum absolute atomic E-state index is 0.0641. The predicted octanol–water partition coefficient (Wildman–Crippen LogP) is 4.83. The highest BCUT2D eigenvalue weighted by atomic mass is 35.5. The smallest absolute Gasteiger partial charge is 0.264 e. The molecule has 0 saturated heterocycles. The first-order valence-corrected chi connectivity index (χ1v) is 10.5. The van der Waals surface area contributed by atoms with Crippen LogP contribution in [0.2, 0.25) is 10.0 Å². The summed E-state index contributed by atoms with van der Waals surface area (Å²) in [4.78, 5) is 12.6. The van der Waals surface area contributed by atoms with Gasteiger partial charge in [-0.25, -0.2) is 8.42 Å². The van der Waals surface area contributed by atoms with Crippen molar-refractivity contribution in [1.82, 2.24) is 0 Å². The predicted molar refractivity (Wildman–Crippen MR) is 113 cm³/mol. The second kappa shape index (κ2) is 8.65. The van der Waals surface area contributed by atoms with E-state index in [1.54, 1.807) is 66.7 Å². The fourth-order valence-corrected chi connectivity index (χ4v) is 4.41. The van der Waals surface area contributed by atoms with E-state index in [0.29, 0.717) is 10.7 Å². The number of hydrogen-bond acceptors (Lipinski definition) is 3. The van der Waals surface area contributed by atoms with Crippen LogP contribution in [0, 0.1) is 0 Å². The van der Waals surface area contributed by atoms with E-state index in [0.717, 1.165) is 4.31 Å². The number of nitrogens with one attached hydrogen (secondary N) is 1. The van der Waals surface area contributed by atoms with E-state index in [2.05, 4.69) is 5.32 Å². The molecule has 0 aliphatic heterocycles. The summed E-state index contributed by atoms with van der Waals surface area (Å²) in [6.07, 6.45) is 0. The Morgan fingerprint density at radius 2 is 1.46 bits per heavy atom. The molecule has 0 heterocycles. The molecule has 0 spiro atoms. The fourth-order valence-electron chi connectivity index (χ4n) is 2.54. The van der Waals surface area contributed by atoms with Gasteiger partial charge in [0.25, 0.3) is 10.0 Å². The zero-order chi connectivity index (χ0) is 20.1. The molecule has 3 rings (SSSR count). The molecule has 0 fully saturated rings. The Morgan fingerprint density at radius 3 is 2.11 bits per heavy atom. The molecule has 0 aromatic heterocycles. The Bertz CT molecular complexity index is 1070. The Hall–Kier alpha value is -2.54. The van der Waals surface area contributed by atoms with Crippen LogP contribution in [-0.2, 0) is 14.8 Å². The maximum Gasteiger partial charge on any atom is 0.264 e. The molecule has 1 amide bonds. The normalized spacial score (nSPS) is 11.1. The number of carbonyl (C=O) groups excluding carboxylic acids is 1. The van der Waals surface area contributed by atoms with Gasteiger partial charge in [0, 0.05) is 10.7 Å². The van der Waals surface area contributed by atoms with E-state index >= 15 is 0 Å². The SMILES string of the molecule is O=C(CN(c1ccccc1Cl)S(=O)(=O)c1ccccc1)Nc1ccc(Cl)cc1. The van der Waals surface area contributed by atoms with Crippen LogP contribution in [0.25, 0.3) is 0 Å². The number of sulfonamides is 1. The van der Waals surface area contributed by atoms with Crippen molar-refractivity contribution in [2.75, 3.05) is 16.2 Å². The van der Waals surface area contributed by atoms with Crippen LogP contribution >= 0.6 is 23.2 Å². The number of halogens is 2. The fraction of sp³-hybridized carbons (Fsp3) is 0.0500. The summed E-state index contributed by atoms with van der Waals surface area (Å²) in [7, 11) is -4.00. The molecular formula is C20H16Cl2N2O3S. The van der Waals surface area contributed by atoms with E-state index in [-0.39, 0.29) is 15.6 Å². The van der Waals surface area contributed by atoms with Gasteiger partial charge in [0.15, 0.2) is 0 Å². The maximum atomic E-state index is 13.2. The molecule has 8 heteroatoms. The summed E-state index contributed by atoms with van der Waals surface area (Å²) in [6, 6.07) is 20.9. The third kappa shape index (κ3) is 4.65. The van der Waals surface area contributed by atoms with Crippen molar-refractivity contribution in [3.8, 4) is 0 Å². The molecule has 0 unspecified atom stereocenters. The lowest BCUT2D eigenvalue weighted by Crippen LogP contribution is -2.38. The zero-order valence-corrected chi connectivity index (χ0v) is 16.9. The Kier molecular flexibility index (Phi) is 6.24. The van der Waals surface area contributed by atoms with Gasteiger partial charge >= 0.3 is 0 Å². The summed E-state index contributed by atoms with van der Waals surface area (Å²) in [5, 5.41) is 3.42. The molecule has 0 bridgehead atoms. The lowest BCUT2D eigenvalue weighted by atomic mass is 10.3. The van der Waals surface area contributed by atoms with E-state index in [4.69, 9.17) is 23.2 Å². The first-order chi connectivity index (χ1) is 13.4. The quantitative estimate of drug-likeness (QED) is 0.603. The van der Waals surface area contributed by atoms with Gasteiger partial charge in [0.2, 0.25) is 5.91 Å². The van der Waals surface area contributed by atoms with E-state index in [9.17, 15) is 13.2 Å². The standard InChI is InChI=1S/C20H16Cl2N2O3S/c21-15-10-12-16(13-11-15)23-20(25)14-24(19-9-5-4-8-18(19)22)28(26,27)17-6-2-1-3-7-17/h1-13H,14H2,(H,23,25).